The minimum atomic E-state index is 0.935. The molecule has 2 nitrogen and oxygen atoms in total. The Kier molecular flexibility index (Phi) is 2.84. The Morgan fingerprint density at radius 1 is 0.667 bits per heavy atom. The molecule has 0 radical (unpaired) electrons. The van der Waals surface area contributed by atoms with Crippen molar-refractivity contribution in [3.63, 3.8) is 0 Å². The molecule has 2 heteroatoms. The van der Waals surface area contributed by atoms with Crippen molar-refractivity contribution in [1.82, 2.24) is 4.57 Å². The largest absolute Gasteiger partial charge is 0.455 e. The van der Waals surface area contributed by atoms with Crippen LogP contribution in [0.4, 0.5) is 0 Å². The maximum absolute atomic E-state index is 6.40. The van der Waals surface area contributed by atoms with Crippen molar-refractivity contribution in [2.24, 2.45) is 7.05 Å². The van der Waals surface area contributed by atoms with Gasteiger partial charge in [0, 0.05) is 39.7 Å². The van der Waals surface area contributed by atoms with Gasteiger partial charge in [-0.2, -0.15) is 0 Å². The number of furan rings is 1. The van der Waals surface area contributed by atoms with Crippen molar-refractivity contribution in [3.8, 4) is 11.1 Å². The molecule has 2 aromatic heterocycles. The minimum Gasteiger partial charge on any atom is -0.455 e. The smallest absolute Gasteiger partial charge is 0.144 e. The van der Waals surface area contributed by atoms with E-state index in [1.54, 1.807) is 0 Å². The second kappa shape index (κ2) is 5.24. The molecule has 0 saturated carbocycles. The van der Waals surface area contributed by atoms with E-state index in [4.69, 9.17) is 4.42 Å². The Balaban J connectivity index is 1.96. The lowest BCUT2D eigenvalue weighted by Gasteiger charge is -2.07. The molecule has 0 N–H and O–H groups in total. The molecule has 0 unspecified atom stereocenters. The predicted octanol–water partition coefficient (Wildman–Crippen LogP) is 6.90. The Hall–Kier alpha value is -3.52. The van der Waals surface area contributed by atoms with Gasteiger partial charge >= 0.3 is 0 Å². The van der Waals surface area contributed by atoms with Crippen LogP contribution in [0.1, 0.15) is 0 Å². The van der Waals surface area contributed by atoms with Gasteiger partial charge in [-0.3, -0.25) is 0 Å². The van der Waals surface area contributed by atoms with E-state index >= 15 is 0 Å². The quantitative estimate of drug-likeness (QED) is 0.316. The molecule has 4 aromatic carbocycles. The molecule has 128 valence electrons. The lowest BCUT2D eigenvalue weighted by atomic mass is 9.96. The van der Waals surface area contributed by atoms with E-state index in [9.17, 15) is 0 Å². The molecule has 0 bridgehead atoms. The topological polar surface area (TPSA) is 18.1 Å². The van der Waals surface area contributed by atoms with Crippen LogP contribution < -0.4 is 0 Å². The summed E-state index contributed by atoms with van der Waals surface area (Å²) in [5.41, 5.74) is 6.73. The maximum Gasteiger partial charge on any atom is 0.144 e. The first kappa shape index (κ1) is 14.6. The van der Waals surface area contributed by atoms with Crippen LogP contribution in [0.5, 0.6) is 0 Å². The number of benzene rings is 4. The minimum absolute atomic E-state index is 0.935. The summed E-state index contributed by atoms with van der Waals surface area (Å²) in [6.07, 6.45) is 0. The van der Waals surface area contributed by atoms with Gasteiger partial charge in [0.1, 0.15) is 11.2 Å². The summed E-state index contributed by atoms with van der Waals surface area (Å²) in [6.45, 7) is 0. The fourth-order valence-corrected chi connectivity index (χ4v) is 4.37. The summed E-state index contributed by atoms with van der Waals surface area (Å²) in [7, 11) is 2.15. The molecule has 6 rings (SSSR count). The number of hydrogen-bond donors (Lipinski definition) is 0. The first-order valence-electron chi connectivity index (χ1n) is 9.20. The Morgan fingerprint density at radius 2 is 1.37 bits per heavy atom. The highest BCUT2D eigenvalue weighted by molar-refractivity contribution is 6.24. The zero-order chi connectivity index (χ0) is 18.0. The van der Waals surface area contributed by atoms with Crippen LogP contribution in [-0.4, -0.2) is 4.57 Å². The zero-order valence-corrected chi connectivity index (χ0v) is 14.9. The average molecular weight is 347 g/mol. The number of rotatable bonds is 1. The Morgan fingerprint density at radius 3 is 2.22 bits per heavy atom. The number of para-hydroxylation sites is 2. The number of aromatic nitrogens is 1. The highest BCUT2D eigenvalue weighted by Crippen LogP contribution is 2.44. The molecule has 6 aromatic rings. The van der Waals surface area contributed by atoms with Crippen molar-refractivity contribution >= 4 is 43.7 Å². The standard InChI is InChI=1S/C25H17NO/c1-26-20-13-7-5-12-18(20)24-21(26)15-19-17-11-6-8-14-22(17)27-25(19)23(24)16-9-3-2-4-10-16/h2-15H,1H3. The van der Waals surface area contributed by atoms with Gasteiger partial charge < -0.3 is 8.98 Å². The normalized spacial score (nSPS) is 11.9. The van der Waals surface area contributed by atoms with Crippen molar-refractivity contribution in [1.29, 1.82) is 0 Å². The third-order valence-corrected chi connectivity index (χ3v) is 5.61. The van der Waals surface area contributed by atoms with Crippen molar-refractivity contribution in [3.05, 3.63) is 84.9 Å². The molecule has 0 aliphatic carbocycles. The average Bonchev–Trinajstić information content (AvgIpc) is 3.23. The number of aryl methyl sites for hydroxylation is 1. The fraction of sp³-hybridized carbons (Fsp3) is 0.0400. The maximum atomic E-state index is 6.40. The van der Waals surface area contributed by atoms with Gasteiger partial charge in [0.15, 0.2) is 0 Å². The summed E-state index contributed by atoms with van der Waals surface area (Å²) in [6, 6.07) is 29.8. The second-order valence-electron chi connectivity index (χ2n) is 7.06. The van der Waals surface area contributed by atoms with Crippen LogP contribution in [0.3, 0.4) is 0 Å². The number of hydrogen-bond acceptors (Lipinski definition) is 1. The van der Waals surface area contributed by atoms with Gasteiger partial charge in [0.2, 0.25) is 0 Å². The highest BCUT2D eigenvalue weighted by Gasteiger charge is 2.20. The van der Waals surface area contributed by atoms with E-state index in [-0.39, 0.29) is 0 Å². The van der Waals surface area contributed by atoms with E-state index in [0.29, 0.717) is 0 Å². The molecule has 0 spiro atoms. The summed E-state index contributed by atoms with van der Waals surface area (Å²) in [5.74, 6) is 0. The zero-order valence-electron chi connectivity index (χ0n) is 14.9. The first-order valence-corrected chi connectivity index (χ1v) is 9.20. The monoisotopic (exact) mass is 347 g/mol. The molecule has 0 fully saturated rings. The summed E-state index contributed by atoms with van der Waals surface area (Å²) < 4.78 is 8.69. The van der Waals surface area contributed by atoms with Gasteiger partial charge in [0.05, 0.1) is 5.52 Å². The predicted molar refractivity (Wildman–Crippen MR) is 113 cm³/mol. The van der Waals surface area contributed by atoms with Crippen LogP contribution in [0, 0.1) is 0 Å². The molecule has 27 heavy (non-hydrogen) atoms. The summed E-state index contributed by atoms with van der Waals surface area (Å²) in [4.78, 5) is 0. The first-order chi connectivity index (χ1) is 13.3. The molecular weight excluding hydrogens is 330 g/mol. The summed E-state index contributed by atoms with van der Waals surface area (Å²) >= 11 is 0. The highest BCUT2D eigenvalue weighted by atomic mass is 16.3. The third-order valence-electron chi connectivity index (χ3n) is 5.61. The Labute approximate surface area is 156 Å². The lowest BCUT2D eigenvalue weighted by molar-refractivity contribution is 0.670. The van der Waals surface area contributed by atoms with E-state index in [0.717, 1.165) is 16.6 Å². The summed E-state index contributed by atoms with van der Waals surface area (Å²) in [5, 5.41) is 4.85. The molecule has 0 atom stereocenters. The molecule has 0 amide bonds. The van der Waals surface area contributed by atoms with Crippen LogP contribution >= 0.6 is 0 Å². The van der Waals surface area contributed by atoms with Crippen molar-refractivity contribution in [2.45, 2.75) is 0 Å². The molecule has 0 aliphatic rings. The molecule has 0 aliphatic heterocycles. The van der Waals surface area contributed by atoms with Crippen LogP contribution in [0.2, 0.25) is 0 Å². The van der Waals surface area contributed by atoms with Crippen molar-refractivity contribution < 1.29 is 4.42 Å². The van der Waals surface area contributed by atoms with Gasteiger partial charge in [0.25, 0.3) is 0 Å². The second-order valence-corrected chi connectivity index (χ2v) is 7.06. The van der Waals surface area contributed by atoms with E-state index < -0.39 is 0 Å². The van der Waals surface area contributed by atoms with Gasteiger partial charge in [-0.15, -0.1) is 0 Å². The SMILES string of the molecule is Cn1c2ccccc2c2c(-c3ccccc3)c3oc4ccccc4c3cc21. The van der Waals surface area contributed by atoms with E-state index in [2.05, 4.69) is 84.4 Å². The number of nitrogens with zero attached hydrogens (tertiary/aromatic N) is 1. The van der Waals surface area contributed by atoms with E-state index in [1.807, 2.05) is 12.1 Å². The molecule has 2 heterocycles. The van der Waals surface area contributed by atoms with Gasteiger partial charge in [-0.05, 0) is 23.8 Å². The van der Waals surface area contributed by atoms with Crippen LogP contribution in [0.25, 0.3) is 54.9 Å². The fourth-order valence-electron chi connectivity index (χ4n) is 4.37. The van der Waals surface area contributed by atoms with Crippen LogP contribution in [0.15, 0.2) is 89.3 Å². The number of fused-ring (bicyclic) bond motifs is 6. The third kappa shape index (κ3) is 1.90. The molecule has 0 saturated heterocycles. The van der Waals surface area contributed by atoms with Crippen molar-refractivity contribution in [2.75, 3.05) is 0 Å². The van der Waals surface area contributed by atoms with Crippen LogP contribution in [-0.2, 0) is 7.05 Å². The molecular formula is C25H17NO. The van der Waals surface area contributed by atoms with E-state index in [1.165, 1.54) is 38.3 Å². The lowest BCUT2D eigenvalue weighted by Crippen LogP contribution is -1.87. The van der Waals surface area contributed by atoms with Gasteiger partial charge in [-0.25, -0.2) is 0 Å². The Bertz CT molecular complexity index is 1470. The van der Waals surface area contributed by atoms with Gasteiger partial charge in [-0.1, -0.05) is 66.7 Å².